The lowest BCUT2D eigenvalue weighted by atomic mass is 10.9. The van der Waals surface area contributed by atoms with Crippen LogP contribution in [0.3, 0.4) is 0 Å². The van der Waals surface area contributed by atoms with Gasteiger partial charge in [0.25, 0.3) is 8.48 Å². The van der Waals surface area contributed by atoms with E-state index in [0.29, 0.717) is 0 Å². The van der Waals surface area contributed by atoms with Gasteiger partial charge in [-0.15, -0.1) is 0 Å². The highest BCUT2D eigenvalue weighted by atomic mass is 28.5. The van der Waals surface area contributed by atoms with Crippen LogP contribution in [0.25, 0.3) is 0 Å². The van der Waals surface area contributed by atoms with E-state index in [4.69, 9.17) is 17.7 Å². The Bertz CT molecular complexity index is 139. The van der Waals surface area contributed by atoms with Crippen molar-refractivity contribution in [3.63, 3.8) is 0 Å². The molecule has 0 radical (unpaired) electrons. The predicted molar refractivity (Wildman–Crippen MR) is 63.6 cm³/mol. The van der Waals surface area contributed by atoms with Crippen LogP contribution in [0, 0.1) is 0 Å². The fourth-order valence-corrected chi connectivity index (χ4v) is 8.31. The third kappa shape index (κ3) is 3.63. The smallest absolute Gasteiger partial charge is 0.407 e. The first-order chi connectivity index (χ1) is 7.07. The SMILES string of the molecule is CC[Si](CC)(N[Si](OC)(OC)OC)OC. The molecule has 0 fully saturated rings. The number of nitrogens with one attached hydrogen (secondary N) is 1. The van der Waals surface area contributed by atoms with Crippen LogP contribution in [-0.4, -0.2) is 45.9 Å². The molecule has 0 unspecified atom stereocenters. The quantitative estimate of drug-likeness (QED) is 0.656. The molecule has 0 aromatic carbocycles. The van der Waals surface area contributed by atoms with Crippen LogP contribution in [0.4, 0.5) is 0 Å². The summed E-state index contributed by atoms with van der Waals surface area (Å²) in [6.45, 7) is 4.21. The van der Waals surface area contributed by atoms with Crippen molar-refractivity contribution < 1.29 is 17.7 Å². The molecule has 0 aliphatic carbocycles. The van der Waals surface area contributed by atoms with Crippen LogP contribution in [0.2, 0.25) is 12.1 Å². The molecule has 7 heteroatoms. The molecule has 0 saturated carbocycles. The minimum Gasteiger partial charge on any atom is -0.407 e. The van der Waals surface area contributed by atoms with E-state index in [0.717, 1.165) is 12.1 Å². The molecule has 0 aromatic heterocycles. The Morgan fingerprint density at radius 2 is 1.20 bits per heavy atom. The van der Waals surface area contributed by atoms with Gasteiger partial charge in [0.15, 0.2) is 0 Å². The summed E-state index contributed by atoms with van der Waals surface area (Å²) in [5.41, 5.74) is 0. The Morgan fingerprint density at radius 1 is 0.800 bits per heavy atom. The Labute approximate surface area is 94.7 Å². The molecule has 0 rings (SSSR count). The summed E-state index contributed by atoms with van der Waals surface area (Å²) in [5, 5.41) is 0. The largest absolute Gasteiger partial charge is 0.590 e. The van der Waals surface area contributed by atoms with Crippen LogP contribution in [0.1, 0.15) is 13.8 Å². The minimum absolute atomic E-state index is 0.949. The van der Waals surface area contributed by atoms with Gasteiger partial charge in [-0.25, -0.2) is 0 Å². The van der Waals surface area contributed by atoms with Crippen molar-refractivity contribution in [1.82, 2.24) is 4.65 Å². The van der Waals surface area contributed by atoms with Gasteiger partial charge in [-0.05, 0) is 12.1 Å². The summed E-state index contributed by atoms with van der Waals surface area (Å²) in [6.07, 6.45) is 0. The first kappa shape index (κ1) is 15.2. The van der Waals surface area contributed by atoms with Crippen molar-refractivity contribution in [2.24, 2.45) is 0 Å². The fraction of sp³-hybridized carbons (Fsp3) is 1.00. The lowest BCUT2D eigenvalue weighted by Crippen LogP contribution is -2.69. The Balaban J connectivity index is 4.74. The minimum atomic E-state index is -2.73. The van der Waals surface area contributed by atoms with E-state index in [2.05, 4.69) is 18.5 Å². The zero-order valence-electron chi connectivity index (χ0n) is 10.5. The maximum Gasteiger partial charge on any atom is 0.590 e. The van der Waals surface area contributed by atoms with Gasteiger partial charge in [0.1, 0.15) is 0 Å². The Kier molecular flexibility index (Phi) is 6.84. The van der Waals surface area contributed by atoms with E-state index in [1.807, 2.05) is 0 Å². The molecule has 0 heterocycles. The molecule has 0 aliphatic rings. The van der Waals surface area contributed by atoms with Gasteiger partial charge < -0.3 is 17.7 Å². The van der Waals surface area contributed by atoms with Crippen molar-refractivity contribution in [3.05, 3.63) is 0 Å². The van der Waals surface area contributed by atoms with Crippen LogP contribution in [-0.2, 0) is 17.7 Å². The van der Waals surface area contributed by atoms with E-state index in [9.17, 15) is 0 Å². The third-order valence-electron chi connectivity index (χ3n) is 2.72. The van der Waals surface area contributed by atoms with Crippen molar-refractivity contribution in [3.8, 4) is 0 Å². The predicted octanol–water partition coefficient (Wildman–Crippen LogP) is 1.08. The molecule has 5 nitrogen and oxygen atoms in total. The molecular formula is C8H23NO4Si2. The van der Waals surface area contributed by atoms with Crippen LogP contribution in [0.15, 0.2) is 0 Å². The average molecular weight is 253 g/mol. The molecule has 0 saturated heterocycles. The Hall–Kier alpha value is 0.234. The van der Waals surface area contributed by atoms with Gasteiger partial charge >= 0.3 is 8.97 Å². The first-order valence-corrected chi connectivity index (χ1v) is 9.12. The number of rotatable bonds is 8. The van der Waals surface area contributed by atoms with Gasteiger partial charge in [-0.1, -0.05) is 13.8 Å². The van der Waals surface area contributed by atoms with Crippen molar-refractivity contribution >= 4 is 17.4 Å². The second-order valence-electron chi connectivity index (χ2n) is 3.20. The number of hydrogen-bond donors (Lipinski definition) is 1. The first-order valence-electron chi connectivity index (χ1n) is 5.07. The maximum atomic E-state index is 5.62. The highest BCUT2D eigenvalue weighted by Gasteiger charge is 2.48. The molecule has 0 bridgehead atoms. The van der Waals surface area contributed by atoms with Crippen LogP contribution >= 0.6 is 0 Å². The summed E-state index contributed by atoms with van der Waals surface area (Å²) in [7, 11) is 1.79. The van der Waals surface area contributed by atoms with E-state index in [1.165, 1.54) is 0 Å². The highest BCUT2D eigenvalue weighted by molar-refractivity contribution is 6.82. The standard InChI is InChI=1S/C8H23NO4Si2/c1-7-14(8-2,10-3)9-15(11-4,12-5)13-6/h9H,7-8H2,1-6H3. The molecule has 0 spiro atoms. The lowest BCUT2D eigenvalue weighted by molar-refractivity contribution is 0.115. The second-order valence-corrected chi connectivity index (χ2v) is 10.3. The van der Waals surface area contributed by atoms with Gasteiger partial charge in [0, 0.05) is 28.4 Å². The van der Waals surface area contributed by atoms with E-state index >= 15 is 0 Å². The Morgan fingerprint density at radius 3 is 1.40 bits per heavy atom. The van der Waals surface area contributed by atoms with Crippen molar-refractivity contribution in [2.45, 2.75) is 25.9 Å². The molecule has 0 aliphatic heterocycles. The molecule has 0 amide bonds. The van der Waals surface area contributed by atoms with E-state index in [-0.39, 0.29) is 0 Å². The summed E-state index contributed by atoms with van der Waals surface area (Å²) in [5.74, 6) is 0. The molecule has 15 heavy (non-hydrogen) atoms. The molecule has 1 N–H and O–H groups in total. The summed E-state index contributed by atoms with van der Waals surface area (Å²) >= 11 is 0. The maximum absolute atomic E-state index is 5.62. The summed E-state index contributed by atoms with van der Waals surface area (Å²) < 4.78 is 25.0. The van der Waals surface area contributed by atoms with Gasteiger partial charge in [-0.3, -0.25) is 4.65 Å². The molecule has 0 aromatic rings. The van der Waals surface area contributed by atoms with Crippen LogP contribution < -0.4 is 4.65 Å². The average Bonchev–Trinajstić information content (AvgIpc) is 2.33. The molecule has 92 valence electrons. The molecule has 0 atom stereocenters. The zero-order valence-corrected chi connectivity index (χ0v) is 12.5. The highest BCUT2D eigenvalue weighted by Crippen LogP contribution is 2.16. The van der Waals surface area contributed by atoms with Gasteiger partial charge in [-0.2, -0.15) is 0 Å². The van der Waals surface area contributed by atoms with E-state index < -0.39 is 17.4 Å². The van der Waals surface area contributed by atoms with Crippen LogP contribution in [0.5, 0.6) is 0 Å². The monoisotopic (exact) mass is 253 g/mol. The molecular weight excluding hydrogens is 230 g/mol. The van der Waals surface area contributed by atoms with Crippen molar-refractivity contribution in [1.29, 1.82) is 0 Å². The summed E-state index contributed by atoms with van der Waals surface area (Å²) in [6, 6.07) is 1.90. The normalized spacial score (nSPS) is 13.2. The summed E-state index contributed by atoms with van der Waals surface area (Å²) in [4.78, 5) is 0. The second kappa shape index (κ2) is 6.74. The van der Waals surface area contributed by atoms with E-state index in [1.54, 1.807) is 28.4 Å². The lowest BCUT2D eigenvalue weighted by Gasteiger charge is -2.35. The number of hydrogen-bond acceptors (Lipinski definition) is 5. The van der Waals surface area contributed by atoms with Crippen molar-refractivity contribution in [2.75, 3.05) is 28.4 Å². The fourth-order valence-electron chi connectivity index (χ4n) is 1.45. The van der Waals surface area contributed by atoms with Gasteiger partial charge in [0.2, 0.25) is 0 Å². The third-order valence-corrected chi connectivity index (χ3v) is 10.4. The van der Waals surface area contributed by atoms with Gasteiger partial charge in [0.05, 0.1) is 0 Å². The zero-order chi connectivity index (χ0) is 11.9. The topological polar surface area (TPSA) is 49.0 Å².